The molecule has 3 nitrogen and oxygen atoms in total. The van der Waals surface area contributed by atoms with Crippen LogP contribution in [0.2, 0.25) is 0 Å². The molecular formula is C14H28N2O. The highest BCUT2D eigenvalue weighted by atomic mass is 16.5. The van der Waals surface area contributed by atoms with Crippen molar-refractivity contribution < 1.29 is 4.74 Å². The number of nitrogens with one attached hydrogen (secondary N) is 1. The number of hydrogen-bond donors (Lipinski definition) is 1. The quantitative estimate of drug-likeness (QED) is 0.733. The van der Waals surface area contributed by atoms with Gasteiger partial charge in [-0.05, 0) is 51.5 Å². The first-order valence-electron chi connectivity index (χ1n) is 7.25. The summed E-state index contributed by atoms with van der Waals surface area (Å²) >= 11 is 0. The van der Waals surface area contributed by atoms with E-state index in [1.807, 2.05) is 0 Å². The van der Waals surface area contributed by atoms with Crippen molar-refractivity contribution in [1.29, 1.82) is 0 Å². The summed E-state index contributed by atoms with van der Waals surface area (Å²) in [7, 11) is 2.23. The van der Waals surface area contributed by atoms with Crippen LogP contribution in [0.25, 0.3) is 0 Å². The molecule has 0 spiro atoms. The highest BCUT2D eigenvalue weighted by molar-refractivity contribution is 4.83. The molecule has 17 heavy (non-hydrogen) atoms. The molecule has 0 bridgehead atoms. The Bertz CT molecular complexity index is 212. The Morgan fingerprint density at radius 3 is 2.82 bits per heavy atom. The smallest absolute Gasteiger partial charge is 0.0506 e. The highest BCUT2D eigenvalue weighted by Gasteiger charge is 2.27. The maximum absolute atomic E-state index is 5.52. The third-order valence-electron chi connectivity index (χ3n) is 4.11. The van der Waals surface area contributed by atoms with Crippen LogP contribution in [0.3, 0.4) is 0 Å². The average molecular weight is 240 g/mol. The van der Waals surface area contributed by atoms with Gasteiger partial charge >= 0.3 is 0 Å². The summed E-state index contributed by atoms with van der Waals surface area (Å²) in [5.74, 6) is 1.72. The lowest BCUT2D eigenvalue weighted by Gasteiger charge is -2.27. The minimum Gasteiger partial charge on any atom is -0.381 e. The van der Waals surface area contributed by atoms with Gasteiger partial charge in [-0.15, -0.1) is 0 Å². The molecule has 100 valence electrons. The summed E-state index contributed by atoms with van der Waals surface area (Å²) in [6.07, 6.45) is 5.46. The van der Waals surface area contributed by atoms with E-state index in [0.29, 0.717) is 0 Å². The molecule has 2 atom stereocenters. The number of nitrogens with zero attached hydrogens (tertiary/aromatic N) is 1. The van der Waals surface area contributed by atoms with Gasteiger partial charge in [-0.2, -0.15) is 0 Å². The molecule has 0 aromatic rings. The van der Waals surface area contributed by atoms with Crippen molar-refractivity contribution in [2.45, 2.75) is 38.6 Å². The summed E-state index contributed by atoms with van der Waals surface area (Å²) in [5, 5.41) is 3.64. The maximum Gasteiger partial charge on any atom is 0.0506 e. The van der Waals surface area contributed by atoms with Gasteiger partial charge in [0.25, 0.3) is 0 Å². The Morgan fingerprint density at radius 2 is 2.18 bits per heavy atom. The number of likely N-dealkylation sites (N-methyl/N-ethyl adjacent to an activating group) is 1. The van der Waals surface area contributed by atoms with Crippen molar-refractivity contribution in [3.8, 4) is 0 Å². The van der Waals surface area contributed by atoms with Crippen molar-refractivity contribution in [3.05, 3.63) is 0 Å². The predicted octanol–water partition coefficient (Wildman–Crippen LogP) is 1.73. The first kappa shape index (κ1) is 13.3. The van der Waals surface area contributed by atoms with Crippen molar-refractivity contribution in [1.82, 2.24) is 10.2 Å². The molecule has 0 aromatic carbocycles. The zero-order valence-electron chi connectivity index (χ0n) is 11.5. The van der Waals surface area contributed by atoms with Gasteiger partial charge < -0.3 is 15.0 Å². The van der Waals surface area contributed by atoms with Gasteiger partial charge in [-0.1, -0.05) is 0 Å². The molecule has 2 rings (SSSR count). The minimum absolute atomic E-state index is 0.724. The van der Waals surface area contributed by atoms with Crippen molar-refractivity contribution in [2.24, 2.45) is 11.8 Å². The average Bonchev–Trinajstić information content (AvgIpc) is 3.14. The summed E-state index contributed by atoms with van der Waals surface area (Å²) in [4.78, 5) is 2.45. The molecule has 1 N–H and O–H groups in total. The lowest BCUT2D eigenvalue weighted by Crippen LogP contribution is -2.38. The third kappa shape index (κ3) is 4.94. The third-order valence-corrected chi connectivity index (χ3v) is 4.11. The molecular weight excluding hydrogens is 212 g/mol. The molecule has 1 saturated heterocycles. The van der Waals surface area contributed by atoms with Crippen LogP contribution in [0.5, 0.6) is 0 Å². The Kier molecular flexibility index (Phi) is 5.26. The molecule has 1 saturated carbocycles. The van der Waals surface area contributed by atoms with E-state index in [4.69, 9.17) is 4.74 Å². The molecule has 2 fully saturated rings. The van der Waals surface area contributed by atoms with Gasteiger partial charge in [0, 0.05) is 32.3 Å². The van der Waals surface area contributed by atoms with Crippen LogP contribution in [0, 0.1) is 11.8 Å². The Balaban J connectivity index is 1.51. The second-order valence-electron chi connectivity index (χ2n) is 5.93. The van der Waals surface area contributed by atoms with Gasteiger partial charge in [0.05, 0.1) is 6.61 Å². The fourth-order valence-electron chi connectivity index (χ4n) is 2.73. The van der Waals surface area contributed by atoms with Crippen LogP contribution in [0.15, 0.2) is 0 Å². The Labute approximate surface area is 106 Å². The minimum atomic E-state index is 0.724. The van der Waals surface area contributed by atoms with E-state index in [9.17, 15) is 0 Å². The maximum atomic E-state index is 5.52. The lowest BCUT2D eigenvalue weighted by molar-refractivity contribution is 0.0421. The van der Waals surface area contributed by atoms with Crippen molar-refractivity contribution in [2.75, 3.05) is 39.9 Å². The van der Waals surface area contributed by atoms with E-state index in [0.717, 1.165) is 44.2 Å². The summed E-state index contributed by atoms with van der Waals surface area (Å²) in [6, 6.07) is 0.724. The van der Waals surface area contributed by atoms with E-state index in [1.165, 1.54) is 32.2 Å². The zero-order chi connectivity index (χ0) is 12.1. The summed E-state index contributed by atoms with van der Waals surface area (Å²) < 4.78 is 5.52. The summed E-state index contributed by atoms with van der Waals surface area (Å²) in [6.45, 7) is 7.75. The van der Waals surface area contributed by atoms with Crippen LogP contribution < -0.4 is 5.32 Å². The first-order valence-corrected chi connectivity index (χ1v) is 7.25. The van der Waals surface area contributed by atoms with Gasteiger partial charge in [0.1, 0.15) is 0 Å². The largest absolute Gasteiger partial charge is 0.381 e. The van der Waals surface area contributed by atoms with E-state index in [1.54, 1.807) is 0 Å². The topological polar surface area (TPSA) is 24.5 Å². The Morgan fingerprint density at radius 1 is 1.35 bits per heavy atom. The molecule has 0 aromatic heterocycles. The lowest BCUT2D eigenvalue weighted by atomic mass is 10.0. The second-order valence-corrected chi connectivity index (χ2v) is 5.93. The van der Waals surface area contributed by atoms with Crippen LogP contribution >= 0.6 is 0 Å². The zero-order valence-corrected chi connectivity index (χ0v) is 11.5. The molecule has 1 aliphatic heterocycles. The summed E-state index contributed by atoms with van der Waals surface area (Å²) in [5.41, 5.74) is 0. The second kappa shape index (κ2) is 6.72. The van der Waals surface area contributed by atoms with Crippen LogP contribution in [0.1, 0.15) is 32.6 Å². The van der Waals surface area contributed by atoms with Crippen LogP contribution in [-0.2, 0) is 4.74 Å². The first-order chi connectivity index (χ1) is 8.25. The molecule has 1 heterocycles. The monoisotopic (exact) mass is 240 g/mol. The van der Waals surface area contributed by atoms with Gasteiger partial charge in [0.15, 0.2) is 0 Å². The molecule has 0 radical (unpaired) electrons. The molecule has 3 heteroatoms. The van der Waals surface area contributed by atoms with Crippen molar-refractivity contribution >= 4 is 0 Å². The highest BCUT2D eigenvalue weighted by Crippen LogP contribution is 2.32. The molecule has 0 amide bonds. The van der Waals surface area contributed by atoms with E-state index in [-0.39, 0.29) is 0 Å². The number of hydrogen-bond acceptors (Lipinski definition) is 3. The SMILES string of the molecule is CC(NCCN(C)CC1CCCOC1)C1CC1. The Hall–Kier alpha value is -0.120. The van der Waals surface area contributed by atoms with Gasteiger partial charge in [-0.25, -0.2) is 0 Å². The number of rotatable bonds is 7. The molecule has 1 aliphatic carbocycles. The number of ether oxygens (including phenoxy) is 1. The van der Waals surface area contributed by atoms with Crippen LogP contribution in [-0.4, -0.2) is 50.8 Å². The van der Waals surface area contributed by atoms with E-state index in [2.05, 4.69) is 24.2 Å². The van der Waals surface area contributed by atoms with Crippen LogP contribution in [0.4, 0.5) is 0 Å². The molecule has 2 aliphatic rings. The van der Waals surface area contributed by atoms with Crippen molar-refractivity contribution in [3.63, 3.8) is 0 Å². The standard InChI is InChI=1S/C14H28N2O/c1-12(14-5-6-14)15-7-8-16(2)10-13-4-3-9-17-11-13/h12-15H,3-11H2,1-2H3. The van der Waals surface area contributed by atoms with Gasteiger partial charge in [0.2, 0.25) is 0 Å². The normalized spacial score (nSPS) is 27.4. The fourth-order valence-corrected chi connectivity index (χ4v) is 2.73. The van der Waals surface area contributed by atoms with E-state index >= 15 is 0 Å². The van der Waals surface area contributed by atoms with Gasteiger partial charge in [-0.3, -0.25) is 0 Å². The van der Waals surface area contributed by atoms with E-state index < -0.39 is 0 Å². The molecule has 2 unspecified atom stereocenters. The fraction of sp³-hybridized carbons (Fsp3) is 1.00. The predicted molar refractivity (Wildman–Crippen MR) is 71.2 cm³/mol.